The molecule has 2 N–H and O–H groups in total. The number of fused-ring (bicyclic) bond motifs is 1. The number of nitrogens with one attached hydrogen (secondary N) is 1. The smallest absolute Gasteiger partial charge is 0.351 e. The van der Waals surface area contributed by atoms with Gasteiger partial charge in [-0.2, -0.15) is 0 Å². The van der Waals surface area contributed by atoms with Crippen LogP contribution in [-0.4, -0.2) is 54.7 Å². The van der Waals surface area contributed by atoms with Gasteiger partial charge in [0.05, 0.1) is 0 Å². The number of allylic oxidation sites excluding steroid dienone is 1. The minimum absolute atomic E-state index is 0.482. The molecule has 6 heteroatoms. The van der Waals surface area contributed by atoms with Crippen LogP contribution in [0.25, 0.3) is 10.8 Å². The van der Waals surface area contributed by atoms with Gasteiger partial charge in [0.2, 0.25) is 0 Å². The number of carbonyl (C=O) groups excluding carboxylic acids is 1. The molecule has 0 saturated carbocycles. The quantitative estimate of drug-likeness (QED) is 0.362. The molecule has 0 saturated heterocycles. The molecule has 1 atom stereocenters. The molecule has 0 radical (unpaired) electrons. The maximum Gasteiger partial charge on any atom is 0.351 e. The van der Waals surface area contributed by atoms with Crippen molar-refractivity contribution >= 4 is 22.7 Å². The van der Waals surface area contributed by atoms with E-state index in [4.69, 9.17) is 19.8 Å². The Morgan fingerprint density at radius 1 is 1.17 bits per heavy atom. The molecule has 2 rings (SSSR count). The normalized spacial score (nSPS) is 11.6. The summed E-state index contributed by atoms with van der Waals surface area (Å²) in [5, 5.41) is 22.6. The van der Waals surface area contributed by atoms with Crippen LogP contribution < -0.4 is 10.4 Å². The third kappa shape index (κ3) is 8.46. The molecule has 0 aliphatic rings. The highest BCUT2D eigenvalue weighted by atomic mass is 16.4. The van der Waals surface area contributed by atoms with Crippen LogP contribution >= 0.6 is 0 Å². The van der Waals surface area contributed by atoms with Crippen molar-refractivity contribution in [2.24, 2.45) is 0 Å². The standard InChI is InChI=1S/C21H30N2.C2H2O4/c1-4-10-19(17-22-15-16-23(5-2)6-3)21-14-9-12-18-11-7-8-13-20(18)21;3-1(4)2(5)6/h4,7-9,11-14,19,22H,1,5-6,10,15-17H2,2-3H3;(H,3,4)(H,5,6)/p-1. The van der Waals surface area contributed by atoms with Crippen molar-refractivity contribution in [1.82, 2.24) is 10.2 Å². The molecule has 158 valence electrons. The third-order valence-electron chi connectivity index (χ3n) is 4.78. The van der Waals surface area contributed by atoms with Crippen LogP contribution in [0.4, 0.5) is 0 Å². The lowest BCUT2D eigenvalue weighted by Gasteiger charge is -2.21. The Balaban J connectivity index is 0.000000612. The number of likely N-dealkylation sites (N-methyl/N-ethyl adjacent to an activating group) is 1. The fourth-order valence-electron chi connectivity index (χ4n) is 3.18. The number of carboxylic acid groups (broad SMARTS) is 2. The first-order chi connectivity index (χ1) is 13.9. The Labute approximate surface area is 172 Å². The molecule has 2 aromatic rings. The first-order valence-electron chi connectivity index (χ1n) is 9.90. The number of hydrogen-bond donors (Lipinski definition) is 2. The third-order valence-corrected chi connectivity index (χ3v) is 4.78. The summed E-state index contributed by atoms with van der Waals surface area (Å²) in [5.41, 5.74) is 1.43. The summed E-state index contributed by atoms with van der Waals surface area (Å²) in [6.07, 6.45) is 3.05. The molecular formula is C23H31N2O4-. The van der Waals surface area contributed by atoms with E-state index in [1.807, 2.05) is 6.08 Å². The van der Waals surface area contributed by atoms with Crippen LogP contribution in [0.5, 0.6) is 0 Å². The molecule has 0 heterocycles. The summed E-state index contributed by atoms with van der Waals surface area (Å²) in [5.74, 6) is -3.53. The van der Waals surface area contributed by atoms with E-state index in [0.29, 0.717) is 5.92 Å². The van der Waals surface area contributed by atoms with Gasteiger partial charge >= 0.3 is 5.97 Å². The number of rotatable bonds is 10. The average molecular weight is 400 g/mol. The van der Waals surface area contributed by atoms with Crippen molar-refractivity contribution in [1.29, 1.82) is 0 Å². The lowest BCUT2D eigenvalue weighted by Crippen LogP contribution is -2.33. The van der Waals surface area contributed by atoms with Gasteiger partial charge in [0.25, 0.3) is 0 Å². The second kappa shape index (κ2) is 13.5. The van der Waals surface area contributed by atoms with Crippen molar-refractivity contribution in [2.45, 2.75) is 26.2 Å². The number of benzene rings is 2. The minimum Gasteiger partial charge on any atom is -0.539 e. The van der Waals surface area contributed by atoms with Crippen molar-refractivity contribution in [2.75, 3.05) is 32.7 Å². The predicted molar refractivity (Wildman–Crippen MR) is 115 cm³/mol. The van der Waals surface area contributed by atoms with Crippen LogP contribution in [0.3, 0.4) is 0 Å². The molecule has 2 aromatic carbocycles. The lowest BCUT2D eigenvalue weighted by atomic mass is 9.91. The van der Waals surface area contributed by atoms with Gasteiger partial charge in [0.1, 0.15) is 0 Å². The molecule has 0 amide bonds. The molecule has 0 bridgehead atoms. The summed E-state index contributed by atoms with van der Waals surface area (Å²) < 4.78 is 0. The Bertz CT molecular complexity index is 770. The van der Waals surface area contributed by atoms with Crippen LogP contribution in [-0.2, 0) is 9.59 Å². The first-order valence-corrected chi connectivity index (χ1v) is 9.90. The number of carbonyl (C=O) groups is 2. The molecule has 0 aliphatic heterocycles. The van der Waals surface area contributed by atoms with Crippen molar-refractivity contribution in [3.63, 3.8) is 0 Å². The molecule has 0 spiro atoms. The maximum atomic E-state index is 9.04. The zero-order chi connectivity index (χ0) is 21.6. The molecule has 1 unspecified atom stereocenters. The van der Waals surface area contributed by atoms with E-state index in [2.05, 4.69) is 73.1 Å². The molecule has 6 nitrogen and oxygen atoms in total. The number of nitrogens with zero attached hydrogens (tertiary/aromatic N) is 1. The fraction of sp³-hybridized carbons (Fsp3) is 0.391. The van der Waals surface area contributed by atoms with Crippen LogP contribution in [0.2, 0.25) is 0 Å². The second-order valence-corrected chi connectivity index (χ2v) is 6.61. The van der Waals surface area contributed by atoms with E-state index in [1.165, 1.54) is 16.3 Å². The highest BCUT2D eigenvalue weighted by Crippen LogP contribution is 2.27. The highest BCUT2D eigenvalue weighted by Gasteiger charge is 2.12. The molecule has 29 heavy (non-hydrogen) atoms. The zero-order valence-corrected chi connectivity index (χ0v) is 17.3. The van der Waals surface area contributed by atoms with Gasteiger partial charge in [0.15, 0.2) is 5.97 Å². The fourth-order valence-corrected chi connectivity index (χ4v) is 3.18. The Hall–Kier alpha value is -2.70. The van der Waals surface area contributed by atoms with Gasteiger partial charge in [-0.1, -0.05) is 62.4 Å². The summed E-state index contributed by atoms with van der Waals surface area (Å²) in [7, 11) is 0. The topological polar surface area (TPSA) is 92.7 Å². The van der Waals surface area contributed by atoms with Gasteiger partial charge in [-0.3, -0.25) is 0 Å². The second-order valence-electron chi connectivity index (χ2n) is 6.61. The first kappa shape index (κ1) is 24.3. The Kier molecular flexibility index (Phi) is 11.3. The minimum atomic E-state index is -2.07. The van der Waals surface area contributed by atoms with E-state index >= 15 is 0 Å². The molecule has 0 fully saturated rings. The number of hydrogen-bond acceptors (Lipinski definition) is 5. The van der Waals surface area contributed by atoms with Crippen molar-refractivity contribution < 1.29 is 19.8 Å². The summed E-state index contributed by atoms with van der Waals surface area (Å²) >= 11 is 0. The molecule has 0 aliphatic carbocycles. The highest BCUT2D eigenvalue weighted by molar-refractivity contribution is 6.26. The zero-order valence-electron chi connectivity index (χ0n) is 17.3. The predicted octanol–water partition coefficient (Wildman–Crippen LogP) is 2.25. The number of aliphatic carboxylic acids is 2. The van der Waals surface area contributed by atoms with Gasteiger partial charge in [-0.25, -0.2) is 4.79 Å². The van der Waals surface area contributed by atoms with E-state index < -0.39 is 11.9 Å². The van der Waals surface area contributed by atoms with Crippen LogP contribution in [0, 0.1) is 0 Å². The van der Waals surface area contributed by atoms with Crippen molar-refractivity contribution in [3.05, 3.63) is 60.7 Å². The monoisotopic (exact) mass is 399 g/mol. The average Bonchev–Trinajstić information content (AvgIpc) is 2.73. The number of carboxylic acids is 2. The summed E-state index contributed by atoms with van der Waals surface area (Å²) in [4.78, 5) is 20.5. The van der Waals surface area contributed by atoms with Gasteiger partial charge in [-0.15, -0.1) is 6.58 Å². The summed E-state index contributed by atoms with van der Waals surface area (Å²) in [6.45, 7) is 13.8. The lowest BCUT2D eigenvalue weighted by molar-refractivity contribution is -0.303. The van der Waals surface area contributed by atoms with Crippen LogP contribution in [0.1, 0.15) is 31.7 Å². The largest absolute Gasteiger partial charge is 0.539 e. The van der Waals surface area contributed by atoms with Gasteiger partial charge in [0, 0.05) is 25.6 Å². The molecular weight excluding hydrogens is 368 g/mol. The maximum absolute atomic E-state index is 9.04. The Morgan fingerprint density at radius 3 is 2.38 bits per heavy atom. The van der Waals surface area contributed by atoms with E-state index in [1.54, 1.807) is 0 Å². The van der Waals surface area contributed by atoms with E-state index in [-0.39, 0.29) is 0 Å². The van der Waals surface area contributed by atoms with Crippen molar-refractivity contribution in [3.8, 4) is 0 Å². The van der Waals surface area contributed by atoms with E-state index in [9.17, 15) is 0 Å². The Morgan fingerprint density at radius 2 is 1.79 bits per heavy atom. The van der Waals surface area contributed by atoms with Crippen LogP contribution in [0.15, 0.2) is 55.1 Å². The SMILES string of the molecule is C=CCC(CNCCN(CC)CC)c1cccc2ccccc12.O=C([O-])C(=O)O. The van der Waals surface area contributed by atoms with Gasteiger partial charge < -0.3 is 25.2 Å². The van der Waals surface area contributed by atoms with E-state index in [0.717, 1.165) is 39.1 Å². The summed E-state index contributed by atoms with van der Waals surface area (Å²) in [6, 6.07) is 15.3. The van der Waals surface area contributed by atoms with Gasteiger partial charge in [-0.05, 0) is 35.8 Å². The molecule has 0 aromatic heterocycles.